The predicted octanol–water partition coefficient (Wildman–Crippen LogP) is 1.83. The van der Waals surface area contributed by atoms with Crippen LogP contribution in [0.3, 0.4) is 0 Å². The van der Waals surface area contributed by atoms with E-state index in [0.717, 1.165) is 5.56 Å². The third kappa shape index (κ3) is 2.63. The van der Waals surface area contributed by atoms with Gasteiger partial charge < -0.3 is 4.74 Å². The van der Waals surface area contributed by atoms with E-state index in [1.807, 2.05) is 30.3 Å². The monoisotopic (exact) mass is 214 g/mol. The van der Waals surface area contributed by atoms with Crippen LogP contribution in [-0.4, -0.2) is 15.9 Å². The van der Waals surface area contributed by atoms with Crippen LogP contribution in [0.1, 0.15) is 16.1 Å². The summed E-state index contributed by atoms with van der Waals surface area (Å²) in [5.74, 6) is -0.439. The topological polar surface area (TPSA) is 52.1 Å². The average molecular weight is 214 g/mol. The van der Waals surface area contributed by atoms with Crippen LogP contribution in [0.5, 0.6) is 0 Å². The Hall–Kier alpha value is -2.23. The second kappa shape index (κ2) is 5.02. The zero-order valence-electron chi connectivity index (χ0n) is 8.54. The summed E-state index contributed by atoms with van der Waals surface area (Å²) in [6.45, 7) is 0.254. The van der Waals surface area contributed by atoms with E-state index in [1.54, 1.807) is 0 Å². The summed E-state index contributed by atoms with van der Waals surface area (Å²) in [7, 11) is 0. The quantitative estimate of drug-likeness (QED) is 0.731. The van der Waals surface area contributed by atoms with Gasteiger partial charge in [-0.15, -0.1) is 0 Å². The average Bonchev–Trinajstić information content (AvgIpc) is 2.38. The summed E-state index contributed by atoms with van der Waals surface area (Å²) in [6.07, 6.45) is 2.82. The normalized spacial score (nSPS) is 9.75. The number of ether oxygens (including phenoxy) is 1. The van der Waals surface area contributed by atoms with Crippen LogP contribution >= 0.6 is 0 Å². The van der Waals surface area contributed by atoms with E-state index in [1.165, 1.54) is 18.6 Å². The Balaban J connectivity index is 1.95. The molecule has 0 fully saturated rings. The van der Waals surface area contributed by atoms with E-state index in [-0.39, 0.29) is 12.3 Å². The molecule has 4 heteroatoms. The maximum absolute atomic E-state index is 11.5. The van der Waals surface area contributed by atoms with E-state index in [9.17, 15) is 4.79 Å². The smallest absolute Gasteiger partial charge is 0.357 e. The van der Waals surface area contributed by atoms with Crippen molar-refractivity contribution in [2.24, 2.45) is 0 Å². The first-order valence-electron chi connectivity index (χ1n) is 4.83. The Kier molecular flexibility index (Phi) is 3.23. The van der Waals surface area contributed by atoms with Gasteiger partial charge in [-0.2, -0.15) is 0 Å². The largest absolute Gasteiger partial charge is 0.456 e. The van der Waals surface area contributed by atoms with Gasteiger partial charge in [-0.25, -0.2) is 14.8 Å². The number of benzene rings is 1. The molecular formula is C12H10N2O2. The molecular weight excluding hydrogens is 204 g/mol. The van der Waals surface area contributed by atoms with Crippen molar-refractivity contribution in [3.05, 3.63) is 60.2 Å². The lowest BCUT2D eigenvalue weighted by Gasteiger charge is -2.03. The Morgan fingerprint density at radius 3 is 2.69 bits per heavy atom. The number of carbonyl (C=O) groups excluding carboxylic acids is 1. The van der Waals surface area contributed by atoms with Gasteiger partial charge >= 0.3 is 5.97 Å². The molecule has 0 saturated heterocycles. The van der Waals surface area contributed by atoms with Crippen LogP contribution in [0.25, 0.3) is 0 Å². The Labute approximate surface area is 92.9 Å². The van der Waals surface area contributed by atoms with Crippen molar-refractivity contribution >= 4 is 5.97 Å². The molecule has 0 amide bonds. The maximum Gasteiger partial charge on any atom is 0.357 e. The molecule has 0 aliphatic carbocycles. The minimum Gasteiger partial charge on any atom is -0.456 e. The first-order valence-corrected chi connectivity index (χ1v) is 4.83. The molecule has 0 saturated carbocycles. The van der Waals surface area contributed by atoms with Gasteiger partial charge in [-0.3, -0.25) is 0 Å². The van der Waals surface area contributed by atoms with Gasteiger partial charge in [0.1, 0.15) is 12.9 Å². The molecule has 0 N–H and O–H groups in total. The van der Waals surface area contributed by atoms with Gasteiger partial charge in [-0.05, 0) is 11.6 Å². The maximum atomic E-state index is 11.5. The number of hydrogen-bond donors (Lipinski definition) is 0. The molecule has 0 aliphatic heterocycles. The predicted molar refractivity (Wildman–Crippen MR) is 57.6 cm³/mol. The summed E-state index contributed by atoms with van der Waals surface area (Å²) in [6, 6.07) is 11.0. The van der Waals surface area contributed by atoms with Crippen LogP contribution < -0.4 is 0 Å². The molecule has 2 rings (SSSR count). The second-order valence-corrected chi connectivity index (χ2v) is 3.16. The number of rotatable bonds is 3. The second-order valence-electron chi connectivity index (χ2n) is 3.16. The fourth-order valence-electron chi connectivity index (χ4n) is 1.21. The van der Waals surface area contributed by atoms with Crippen LogP contribution in [0.15, 0.2) is 48.9 Å². The number of esters is 1. The molecule has 1 aromatic carbocycles. The Morgan fingerprint density at radius 1 is 1.19 bits per heavy atom. The lowest BCUT2D eigenvalue weighted by molar-refractivity contribution is 0.0465. The highest BCUT2D eigenvalue weighted by Crippen LogP contribution is 2.03. The van der Waals surface area contributed by atoms with E-state index in [4.69, 9.17) is 4.74 Å². The van der Waals surface area contributed by atoms with Crippen molar-refractivity contribution in [1.29, 1.82) is 0 Å². The first-order chi connectivity index (χ1) is 7.86. The lowest BCUT2D eigenvalue weighted by atomic mass is 10.2. The molecule has 0 unspecified atom stereocenters. The van der Waals surface area contributed by atoms with Crippen LogP contribution in [0.4, 0.5) is 0 Å². The van der Waals surface area contributed by atoms with Gasteiger partial charge in [-0.1, -0.05) is 30.3 Å². The van der Waals surface area contributed by atoms with Crippen LogP contribution in [0.2, 0.25) is 0 Å². The van der Waals surface area contributed by atoms with E-state index < -0.39 is 5.97 Å². The van der Waals surface area contributed by atoms with Crippen LogP contribution in [0, 0.1) is 0 Å². The van der Waals surface area contributed by atoms with Crippen molar-refractivity contribution in [2.75, 3.05) is 0 Å². The SMILES string of the molecule is O=C(OCc1ccccc1)c1ccncn1. The minimum absolute atomic E-state index is 0.254. The molecule has 16 heavy (non-hydrogen) atoms. The summed E-state index contributed by atoms with van der Waals surface area (Å²) < 4.78 is 5.08. The number of aromatic nitrogens is 2. The van der Waals surface area contributed by atoms with E-state index in [2.05, 4.69) is 9.97 Å². The zero-order chi connectivity index (χ0) is 11.2. The van der Waals surface area contributed by atoms with Crippen molar-refractivity contribution in [3.8, 4) is 0 Å². The van der Waals surface area contributed by atoms with E-state index >= 15 is 0 Å². The summed E-state index contributed by atoms with van der Waals surface area (Å²) in [5, 5.41) is 0. The number of nitrogens with zero attached hydrogens (tertiary/aromatic N) is 2. The first kappa shape index (κ1) is 10.3. The van der Waals surface area contributed by atoms with Crippen molar-refractivity contribution < 1.29 is 9.53 Å². The van der Waals surface area contributed by atoms with Gasteiger partial charge in [0.25, 0.3) is 0 Å². The van der Waals surface area contributed by atoms with Crippen molar-refractivity contribution in [3.63, 3.8) is 0 Å². The highest BCUT2D eigenvalue weighted by Gasteiger charge is 2.07. The Bertz CT molecular complexity index is 457. The van der Waals surface area contributed by atoms with Gasteiger partial charge in [0.2, 0.25) is 0 Å². The molecule has 0 aliphatic rings. The molecule has 0 radical (unpaired) electrons. The minimum atomic E-state index is -0.439. The molecule has 1 aromatic heterocycles. The molecule has 2 aromatic rings. The third-order valence-electron chi connectivity index (χ3n) is 2.00. The standard InChI is InChI=1S/C12H10N2O2/c15-12(11-6-7-13-9-14-11)16-8-10-4-2-1-3-5-10/h1-7,9H,8H2. The highest BCUT2D eigenvalue weighted by atomic mass is 16.5. The fourth-order valence-corrected chi connectivity index (χ4v) is 1.21. The fraction of sp³-hybridized carbons (Fsp3) is 0.0833. The molecule has 4 nitrogen and oxygen atoms in total. The Morgan fingerprint density at radius 2 is 2.00 bits per heavy atom. The van der Waals surface area contributed by atoms with Crippen molar-refractivity contribution in [1.82, 2.24) is 9.97 Å². The van der Waals surface area contributed by atoms with Crippen molar-refractivity contribution in [2.45, 2.75) is 6.61 Å². The molecule has 1 heterocycles. The van der Waals surface area contributed by atoms with Gasteiger partial charge in [0.15, 0.2) is 5.69 Å². The number of hydrogen-bond acceptors (Lipinski definition) is 4. The summed E-state index contributed by atoms with van der Waals surface area (Å²) in [5.41, 5.74) is 1.22. The molecule has 0 spiro atoms. The summed E-state index contributed by atoms with van der Waals surface area (Å²) >= 11 is 0. The summed E-state index contributed by atoms with van der Waals surface area (Å²) in [4.78, 5) is 19.0. The zero-order valence-corrected chi connectivity index (χ0v) is 8.54. The number of carbonyl (C=O) groups is 1. The van der Waals surface area contributed by atoms with Gasteiger partial charge in [0.05, 0.1) is 0 Å². The third-order valence-corrected chi connectivity index (χ3v) is 2.00. The van der Waals surface area contributed by atoms with Crippen LogP contribution in [-0.2, 0) is 11.3 Å². The lowest BCUT2D eigenvalue weighted by Crippen LogP contribution is -2.07. The molecule has 80 valence electrons. The van der Waals surface area contributed by atoms with E-state index in [0.29, 0.717) is 0 Å². The van der Waals surface area contributed by atoms with Gasteiger partial charge in [0, 0.05) is 6.20 Å². The molecule has 0 atom stereocenters. The molecule has 0 bridgehead atoms. The highest BCUT2D eigenvalue weighted by molar-refractivity contribution is 5.86.